The third-order valence-electron chi connectivity index (χ3n) is 2.17. The molecule has 2 rings (SSSR count). The highest BCUT2D eigenvalue weighted by Gasteiger charge is 2.16. The number of aromatic nitrogens is 1. The normalized spacial score (nSPS) is 10.4. The van der Waals surface area contributed by atoms with E-state index in [1.165, 1.54) is 0 Å². The monoisotopic (exact) mass is 235 g/mol. The summed E-state index contributed by atoms with van der Waals surface area (Å²) in [5, 5.41) is 0.918. The minimum absolute atomic E-state index is 0.254. The highest BCUT2D eigenvalue weighted by atomic mass is 32.1. The summed E-state index contributed by atoms with van der Waals surface area (Å²) in [5.74, 6) is -0.254. The van der Waals surface area contributed by atoms with Gasteiger partial charge < -0.3 is 9.30 Å². The highest BCUT2D eigenvalue weighted by Crippen LogP contribution is 2.26. The maximum absolute atomic E-state index is 11.7. The maximum atomic E-state index is 11.7. The zero-order valence-electron chi connectivity index (χ0n) is 9.27. The first-order chi connectivity index (χ1) is 7.72. The molecule has 0 atom stereocenters. The molecule has 0 saturated carbocycles. The Kier molecular flexibility index (Phi) is 3.10. The number of hydrogen-bond acceptors (Lipinski definition) is 3. The second-order valence-electron chi connectivity index (χ2n) is 3.39. The number of esters is 1. The third kappa shape index (κ3) is 2.02. The molecule has 0 saturated heterocycles. The Bertz CT molecular complexity index is 485. The molecule has 0 radical (unpaired) electrons. The van der Waals surface area contributed by atoms with Crippen LogP contribution < -0.4 is 0 Å². The van der Waals surface area contributed by atoms with Crippen LogP contribution in [0.15, 0.2) is 30.6 Å². The van der Waals surface area contributed by atoms with Gasteiger partial charge in [-0.2, -0.15) is 0 Å². The molecule has 0 bridgehead atoms. The van der Waals surface area contributed by atoms with E-state index < -0.39 is 0 Å². The van der Waals surface area contributed by atoms with E-state index in [4.69, 9.17) is 4.74 Å². The molecular weight excluding hydrogens is 222 g/mol. The van der Waals surface area contributed by atoms with Crippen molar-refractivity contribution in [2.75, 3.05) is 6.61 Å². The van der Waals surface area contributed by atoms with Crippen molar-refractivity contribution in [3.63, 3.8) is 0 Å². The van der Waals surface area contributed by atoms with Crippen LogP contribution in [0, 0.1) is 6.92 Å². The number of thiophene rings is 1. The van der Waals surface area contributed by atoms with E-state index in [0.29, 0.717) is 12.2 Å². The minimum atomic E-state index is -0.254. The largest absolute Gasteiger partial charge is 0.462 e. The van der Waals surface area contributed by atoms with E-state index in [2.05, 4.69) is 0 Å². The molecule has 0 fully saturated rings. The minimum Gasteiger partial charge on any atom is -0.462 e. The molecule has 0 unspecified atom stereocenters. The SMILES string of the molecule is CCOC(=O)c1cc(C)sc1-n1cccc1. The second-order valence-corrected chi connectivity index (χ2v) is 4.62. The molecule has 3 nitrogen and oxygen atoms in total. The lowest BCUT2D eigenvalue weighted by molar-refractivity contribution is 0.0527. The van der Waals surface area contributed by atoms with Crippen LogP contribution in [0.5, 0.6) is 0 Å². The molecule has 0 amide bonds. The molecule has 2 aromatic rings. The van der Waals surface area contributed by atoms with Crippen LogP contribution in [0.2, 0.25) is 0 Å². The van der Waals surface area contributed by atoms with Crippen LogP contribution >= 0.6 is 11.3 Å². The Morgan fingerprint density at radius 3 is 2.75 bits per heavy atom. The smallest absolute Gasteiger partial charge is 0.341 e. The Morgan fingerprint density at radius 1 is 1.44 bits per heavy atom. The quantitative estimate of drug-likeness (QED) is 0.766. The predicted molar refractivity (Wildman–Crippen MR) is 64.3 cm³/mol. The zero-order chi connectivity index (χ0) is 11.5. The van der Waals surface area contributed by atoms with Crippen molar-refractivity contribution in [1.82, 2.24) is 4.57 Å². The lowest BCUT2D eigenvalue weighted by Crippen LogP contribution is -2.06. The fourth-order valence-corrected chi connectivity index (χ4v) is 2.48. The van der Waals surface area contributed by atoms with Crippen molar-refractivity contribution in [2.24, 2.45) is 0 Å². The van der Waals surface area contributed by atoms with Crippen LogP contribution in [0.4, 0.5) is 0 Å². The fourth-order valence-electron chi connectivity index (χ4n) is 1.52. The van der Waals surface area contributed by atoms with Crippen LogP contribution in [-0.2, 0) is 4.74 Å². The van der Waals surface area contributed by atoms with Gasteiger partial charge in [0.15, 0.2) is 0 Å². The Hall–Kier alpha value is -1.55. The zero-order valence-corrected chi connectivity index (χ0v) is 10.1. The van der Waals surface area contributed by atoms with Gasteiger partial charge in [0.25, 0.3) is 0 Å². The summed E-state index contributed by atoms with van der Waals surface area (Å²) in [6.45, 7) is 4.20. The summed E-state index contributed by atoms with van der Waals surface area (Å²) < 4.78 is 6.97. The number of ether oxygens (including phenoxy) is 1. The average Bonchev–Trinajstić information content (AvgIpc) is 2.85. The third-order valence-corrected chi connectivity index (χ3v) is 3.23. The number of hydrogen-bond donors (Lipinski definition) is 0. The lowest BCUT2D eigenvalue weighted by Gasteiger charge is -2.03. The highest BCUT2D eigenvalue weighted by molar-refractivity contribution is 7.14. The molecule has 0 N–H and O–H groups in total. The van der Waals surface area contributed by atoms with Crippen molar-refractivity contribution in [3.05, 3.63) is 41.0 Å². The summed E-state index contributed by atoms with van der Waals surface area (Å²) in [6.07, 6.45) is 3.85. The molecule has 0 aliphatic heterocycles. The first kappa shape index (κ1) is 11.0. The van der Waals surface area contributed by atoms with E-state index in [9.17, 15) is 4.79 Å². The number of carbonyl (C=O) groups is 1. The molecule has 2 aromatic heterocycles. The molecule has 0 aliphatic rings. The molecule has 4 heteroatoms. The predicted octanol–water partition coefficient (Wildman–Crippen LogP) is 3.02. The van der Waals surface area contributed by atoms with Crippen molar-refractivity contribution >= 4 is 17.3 Å². The van der Waals surface area contributed by atoms with Gasteiger partial charge in [-0.15, -0.1) is 11.3 Å². The van der Waals surface area contributed by atoms with Crippen molar-refractivity contribution in [2.45, 2.75) is 13.8 Å². The summed E-state index contributed by atoms with van der Waals surface area (Å²) in [4.78, 5) is 12.8. The second kappa shape index (κ2) is 4.53. The topological polar surface area (TPSA) is 31.2 Å². The van der Waals surface area contributed by atoms with Crippen molar-refractivity contribution in [3.8, 4) is 5.00 Å². The molecule has 84 valence electrons. The van der Waals surface area contributed by atoms with Crippen LogP contribution in [0.25, 0.3) is 5.00 Å². The van der Waals surface area contributed by atoms with Gasteiger partial charge in [-0.3, -0.25) is 0 Å². The summed E-state index contributed by atoms with van der Waals surface area (Å²) >= 11 is 1.59. The molecule has 0 aliphatic carbocycles. The van der Waals surface area contributed by atoms with E-state index in [1.807, 2.05) is 49.0 Å². The summed E-state index contributed by atoms with van der Waals surface area (Å²) in [6, 6.07) is 5.74. The van der Waals surface area contributed by atoms with Crippen molar-refractivity contribution in [1.29, 1.82) is 0 Å². The average molecular weight is 235 g/mol. The van der Waals surface area contributed by atoms with Crippen molar-refractivity contribution < 1.29 is 9.53 Å². The van der Waals surface area contributed by atoms with Crippen LogP contribution in [0.3, 0.4) is 0 Å². The Balaban J connectivity index is 2.42. The van der Waals surface area contributed by atoms with Gasteiger partial charge in [-0.05, 0) is 32.0 Å². The van der Waals surface area contributed by atoms with Gasteiger partial charge in [0.1, 0.15) is 5.00 Å². The standard InChI is InChI=1S/C12H13NO2S/c1-3-15-12(14)10-8-9(2)16-11(10)13-6-4-5-7-13/h4-8H,3H2,1-2H3. The molecular formula is C12H13NO2S. The van der Waals surface area contributed by atoms with E-state index >= 15 is 0 Å². The van der Waals surface area contributed by atoms with Gasteiger partial charge in [-0.25, -0.2) is 4.79 Å². The van der Waals surface area contributed by atoms with Crippen LogP contribution in [0.1, 0.15) is 22.2 Å². The van der Waals surface area contributed by atoms with Gasteiger partial charge in [-0.1, -0.05) is 0 Å². The van der Waals surface area contributed by atoms with Crippen LogP contribution in [-0.4, -0.2) is 17.1 Å². The number of carbonyl (C=O) groups excluding carboxylic acids is 1. The molecule has 16 heavy (non-hydrogen) atoms. The number of rotatable bonds is 3. The summed E-state index contributed by atoms with van der Waals surface area (Å²) in [7, 11) is 0. The van der Waals surface area contributed by atoms with Gasteiger partial charge >= 0.3 is 5.97 Å². The first-order valence-electron chi connectivity index (χ1n) is 5.13. The van der Waals surface area contributed by atoms with Gasteiger partial charge in [0, 0.05) is 17.3 Å². The van der Waals surface area contributed by atoms with E-state index in [1.54, 1.807) is 11.3 Å². The number of aryl methyl sites for hydroxylation is 1. The fraction of sp³-hybridized carbons (Fsp3) is 0.250. The summed E-state index contributed by atoms with van der Waals surface area (Å²) in [5.41, 5.74) is 0.639. The maximum Gasteiger partial charge on any atom is 0.341 e. The van der Waals surface area contributed by atoms with E-state index in [-0.39, 0.29) is 5.97 Å². The molecule has 0 aromatic carbocycles. The number of nitrogens with zero attached hydrogens (tertiary/aromatic N) is 1. The Labute approximate surface area is 98.3 Å². The molecule has 0 spiro atoms. The first-order valence-corrected chi connectivity index (χ1v) is 5.95. The lowest BCUT2D eigenvalue weighted by atomic mass is 10.3. The van der Waals surface area contributed by atoms with Gasteiger partial charge in [0.2, 0.25) is 0 Å². The van der Waals surface area contributed by atoms with E-state index in [0.717, 1.165) is 9.88 Å². The molecule has 2 heterocycles. The Morgan fingerprint density at radius 2 is 2.12 bits per heavy atom. The van der Waals surface area contributed by atoms with Gasteiger partial charge in [0.05, 0.1) is 12.2 Å².